The Hall–Kier alpha value is -1.02. The summed E-state index contributed by atoms with van der Waals surface area (Å²) in [5.74, 6) is 3.12. The Morgan fingerprint density at radius 3 is 2.36 bits per heavy atom. The molecule has 0 amide bonds. The molecule has 5 nitrogen and oxygen atoms in total. The molecule has 0 aliphatic rings. The van der Waals surface area contributed by atoms with Crippen molar-refractivity contribution in [3.63, 3.8) is 0 Å². The van der Waals surface area contributed by atoms with E-state index in [9.17, 15) is 13.2 Å². The summed E-state index contributed by atoms with van der Waals surface area (Å²) in [6, 6.07) is -0.956. The Kier molecular flexibility index (Phi) is 4.64. The van der Waals surface area contributed by atoms with E-state index in [1.54, 1.807) is 0 Å². The molecule has 0 saturated heterocycles. The highest BCUT2D eigenvalue weighted by Crippen LogP contribution is 2.28. The first kappa shape index (κ1) is 13.0. The fourth-order valence-corrected chi connectivity index (χ4v) is 0.793. The number of halogens is 3. The van der Waals surface area contributed by atoms with E-state index in [-0.39, 0.29) is 12.3 Å². The Morgan fingerprint density at radius 1 is 1.50 bits per heavy atom. The van der Waals surface area contributed by atoms with Crippen LogP contribution < -0.4 is 22.8 Å². The Bertz CT molecular complexity index is 202. The minimum Gasteiger partial charge on any atom is -0.384 e. The summed E-state index contributed by atoms with van der Waals surface area (Å²) < 4.78 is 36.2. The predicted molar refractivity (Wildman–Crippen MR) is 46.8 cm³/mol. The smallest absolute Gasteiger partial charge is 0.384 e. The van der Waals surface area contributed by atoms with Crippen LogP contribution in [0.15, 0.2) is 5.10 Å². The third-order valence-electron chi connectivity index (χ3n) is 1.74. The number of hydrazine groups is 1. The Labute approximate surface area is 79.5 Å². The van der Waals surface area contributed by atoms with Gasteiger partial charge >= 0.3 is 6.18 Å². The van der Waals surface area contributed by atoms with Crippen LogP contribution in [0.25, 0.3) is 0 Å². The maximum atomic E-state index is 12.1. The van der Waals surface area contributed by atoms with Crippen molar-refractivity contribution in [2.75, 3.05) is 0 Å². The third-order valence-corrected chi connectivity index (χ3v) is 1.74. The number of alkyl halides is 3. The molecular weight excluding hydrogens is 199 g/mol. The Morgan fingerprint density at radius 2 is 2.00 bits per heavy atom. The zero-order chi connectivity index (χ0) is 11.4. The summed E-state index contributed by atoms with van der Waals surface area (Å²) in [5, 5.41) is 3.29. The number of amidine groups is 1. The second-order valence-electron chi connectivity index (χ2n) is 2.95. The molecule has 0 aromatic heterocycles. The minimum atomic E-state index is -4.27. The quantitative estimate of drug-likeness (QED) is 0.221. The van der Waals surface area contributed by atoms with Crippen LogP contribution in [0.4, 0.5) is 13.2 Å². The van der Waals surface area contributed by atoms with E-state index in [1.165, 1.54) is 0 Å². The van der Waals surface area contributed by atoms with Gasteiger partial charge in [-0.3, -0.25) is 0 Å². The lowest BCUT2D eigenvalue weighted by atomic mass is 10.0. The summed E-state index contributed by atoms with van der Waals surface area (Å²) in [7, 11) is 0. The first-order valence-corrected chi connectivity index (χ1v) is 3.90. The first-order chi connectivity index (χ1) is 6.29. The largest absolute Gasteiger partial charge is 0.391 e. The summed E-state index contributed by atoms with van der Waals surface area (Å²) >= 11 is 0. The van der Waals surface area contributed by atoms with Crippen LogP contribution in [0.3, 0.4) is 0 Å². The summed E-state index contributed by atoms with van der Waals surface area (Å²) in [6.45, 7) is 1.03. The van der Waals surface area contributed by atoms with Gasteiger partial charge in [0.25, 0.3) is 0 Å². The average Bonchev–Trinajstić information content (AvgIpc) is 2.02. The molecule has 0 spiro atoms. The van der Waals surface area contributed by atoms with Crippen LogP contribution >= 0.6 is 0 Å². The molecule has 0 aliphatic carbocycles. The molecule has 0 fully saturated rings. The number of hydrogen-bond donors (Lipinski definition) is 4. The molecule has 7 N–H and O–H groups in total. The number of nitrogens with two attached hydrogens (primary N) is 3. The van der Waals surface area contributed by atoms with E-state index in [1.807, 2.05) is 5.53 Å². The third kappa shape index (κ3) is 4.28. The standard InChI is InChI=1S/C6H14F3N5/c1-3(6(7,8)9)2-4(10)5(11)13-14-12/h3-4,14H,2,10,12H2,1H3,(H2,11,13). The summed E-state index contributed by atoms with van der Waals surface area (Å²) in [4.78, 5) is 0. The van der Waals surface area contributed by atoms with Gasteiger partial charge in [0.1, 0.15) is 5.84 Å². The molecule has 0 aromatic rings. The molecule has 0 saturated carbocycles. The zero-order valence-electron chi connectivity index (χ0n) is 7.67. The number of rotatable bonds is 4. The van der Waals surface area contributed by atoms with E-state index in [2.05, 4.69) is 5.10 Å². The lowest BCUT2D eigenvalue weighted by Gasteiger charge is -2.19. The molecule has 0 aliphatic heterocycles. The molecular formula is C6H14F3N5. The van der Waals surface area contributed by atoms with Crippen molar-refractivity contribution in [1.82, 2.24) is 5.53 Å². The van der Waals surface area contributed by atoms with Gasteiger partial charge < -0.3 is 11.5 Å². The van der Waals surface area contributed by atoms with E-state index in [4.69, 9.17) is 17.3 Å². The second-order valence-corrected chi connectivity index (χ2v) is 2.95. The van der Waals surface area contributed by atoms with Gasteiger partial charge in [-0.1, -0.05) is 6.92 Å². The highest BCUT2D eigenvalue weighted by molar-refractivity contribution is 5.85. The lowest BCUT2D eigenvalue weighted by Crippen LogP contribution is -2.41. The molecule has 14 heavy (non-hydrogen) atoms. The SMILES string of the molecule is CC(CC(N)/C(N)=N/NN)C(F)(F)F. The van der Waals surface area contributed by atoms with Gasteiger partial charge in [0.2, 0.25) is 0 Å². The van der Waals surface area contributed by atoms with Crippen molar-refractivity contribution < 1.29 is 13.2 Å². The topological polar surface area (TPSA) is 102 Å². The van der Waals surface area contributed by atoms with Crippen LogP contribution in [0.1, 0.15) is 13.3 Å². The molecule has 0 bridgehead atoms. The molecule has 0 rings (SSSR count). The maximum Gasteiger partial charge on any atom is 0.391 e. The van der Waals surface area contributed by atoms with Crippen LogP contribution in [-0.2, 0) is 0 Å². The Balaban J connectivity index is 4.19. The number of nitrogens with one attached hydrogen (secondary N) is 1. The first-order valence-electron chi connectivity index (χ1n) is 3.90. The van der Waals surface area contributed by atoms with Crippen molar-refractivity contribution in [2.45, 2.75) is 25.6 Å². The fraction of sp³-hybridized carbons (Fsp3) is 0.833. The normalized spacial score (nSPS) is 17.7. The number of hydrogen-bond acceptors (Lipinski definition) is 4. The highest BCUT2D eigenvalue weighted by atomic mass is 19.4. The number of hydrazone groups is 1. The molecule has 0 heterocycles. The maximum absolute atomic E-state index is 12.1. The minimum absolute atomic E-state index is 0.149. The molecule has 8 heteroatoms. The van der Waals surface area contributed by atoms with Gasteiger partial charge in [-0.2, -0.15) is 18.3 Å². The van der Waals surface area contributed by atoms with E-state index in [0.717, 1.165) is 6.92 Å². The van der Waals surface area contributed by atoms with Crippen molar-refractivity contribution >= 4 is 5.84 Å². The molecule has 0 radical (unpaired) electrons. The molecule has 84 valence electrons. The molecule has 0 aromatic carbocycles. The van der Waals surface area contributed by atoms with Gasteiger partial charge in [0, 0.05) is 0 Å². The van der Waals surface area contributed by atoms with E-state index < -0.39 is 18.1 Å². The van der Waals surface area contributed by atoms with Crippen LogP contribution in [0, 0.1) is 5.92 Å². The van der Waals surface area contributed by atoms with Crippen molar-refractivity contribution in [3.05, 3.63) is 0 Å². The summed E-state index contributed by atoms with van der Waals surface area (Å²) in [6.07, 6.45) is -4.59. The average molecular weight is 213 g/mol. The zero-order valence-corrected chi connectivity index (χ0v) is 7.67. The van der Waals surface area contributed by atoms with Gasteiger partial charge in [-0.25, -0.2) is 11.4 Å². The van der Waals surface area contributed by atoms with Gasteiger partial charge in [0.15, 0.2) is 0 Å². The van der Waals surface area contributed by atoms with Crippen molar-refractivity contribution in [1.29, 1.82) is 0 Å². The molecule has 2 atom stereocenters. The van der Waals surface area contributed by atoms with E-state index >= 15 is 0 Å². The lowest BCUT2D eigenvalue weighted by molar-refractivity contribution is -0.171. The van der Waals surface area contributed by atoms with Crippen LogP contribution in [-0.4, -0.2) is 18.1 Å². The van der Waals surface area contributed by atoms with Crippen LogP contribution in [0.5, 0.6) is 0 Å². The van der Waals surface area contributed by atoms with Crippen molar-refractivity contribution in [3.8, 4) is 0 Å². The van der Waals surface area contributed by atoms with E-state index in [0.29, 0.717) is 0 Å². The highest BCUT2D eigenvalue weighted by Gasteiger charge is 2.37. The number of nitrogens with zero attached hydrogens (tertiary/aromatic N) is 1. The summed E-state index contributed by atoms with van der Waals surface area (Å²) in [5.41, 5.74) is 12.4. The van der Waals surface area contributed by atoms with Crippen LogP contribution in [0.2, 0.25) is 0 Å². The molecule has 2 unspecified atom stereocenters. The van der Waals surface area contributed by atoms with Gasteiger partial charge in [0.05, 0.1) is 12.0 Å². The predicted octanol–water partition coefficient (Wildman–Crippen LogP) is -0.362. The van der Waals surface area contributed by atoms with Gasteiger partial charge in [-0.15, -0.1) is 0 Å². The second kappa shape index (κ2) is 5.01. The van der Waals surface area contributed by atoms with Gasteiger partial charge in [-0.05, 0) is 6.42 Å². The van der Waals surface area contributed by atoms with Crippen molar-refractivity contribution in [2.24, 2.45) is 28.3 Å². The monoisotopic (exact) mass is 213 g/mol. The fourth-order valence-electron chi connectivity index (χ4n) is 0.793.